The molecule has 0 spiro atoms. The molecule has 294 valence electrons. The van der Waals surface area contributed by atoms with Crippen molar-refractivity contribution in [3.8, 4) is 22.8 Å². The van der Waals surface area contributed by atoms with Gasteiger partial charge < -0.3 is 23.7 Å². The summed E-state index contributed by atoms with van der Waals surface area (Å²) in [6, 6.07) is 29.1. The van der Waals surface area contributed by atoms with E-state index in [9.17, 15) is 18.0 Å². The number of halogens is 3. The minimum atomic E-state index is -4.31. The molecule has 10 nitrogen and oxygen atoms in total. The molecule has 15 heteroatoms. The van der Waals surface area contributed by atoms with E-state index in [0.717, 1.165) is 80.0 Å². The van der Waals surface area contributed by atoms with Gasteiger partial charge in [-0.05, 0) is 97.8 Å². The fraction of sp³-hybridized carbons (Fsp3) is 0.293. The number of carbonyl (C=O) groups excluding carboxylic acids is 1. The molecule has 0 saturated heterocycles. The van der Waals surface area contributed by atoms with Crippen molar-refractivity contribution in [2.24, 2.45) is 0 Å². The molecule has 56 heavy (non-hydrogen) atoms. The van der Waals surface area contributed by atoms with Crippen molar-refractivity contribution in [3.05, 3.63) is 119 Å². The predicted molar refractivity (Wildman–Crippen MR) is 219 cm³/mol. The van der Waals surface area contributed by atoms with Gasteiger partial charge in [-0.3, -0.25) is 0 Å². The highest BCUT2D eigenvalue weighted by molar-refractivity contribution is 7.98. The Hall–Kier alpha value is -5.28. The van der Waals surface area contributed by atoms with Crippen LogP contribution in [0, 0.1) is 0 Å². The molecule has 0 fully saturated rings. The first-order chi connectivity index (χ1) is 26.8. The molecule has 0 aliphatic carbocycles. The van der Waals surface area contributed by atoms with Crippen molar-refractivity contribution in [2.45, 2.75) is 54.9 Å². The van der Waals surface area contributed by atoms with Crippen LogP contribution in [0.2, 0.25) is 0 Å². The second-order valence-corrected chi connectivity index (χ2v) is 14.8. The molecule has 0 amide bonds. The molecule has 0 aliphatic heterocycles. The average molecular weight is 803 g/mol. The van der Waals surface area contributed by atoms with E-state index in [2.05, 4.69) is 61.1 Å². The molecular formula is C41H45F3N8O2S2. The predicted octanol–water partition coefficient (Wildman–Crippen LogP) is 9.45. The van der Waals surface area contributed by atoms with E-state index in [1.54, 1.807) is 23.9 Å². The van der Waals surface area contributed by atoms with Gasteiger partial charge in [-0.1, -0.05) is 47.8 Å². The lowest BCUT2D eigenvalue weighted by molar-refractivity contribution is -0.137. The van der Waals surface area contributed by atoms with E-state index in [1.165, 1.54) is 31.0 Å². The maximum atomic E-state index is 12.7. The van der Waals surface area contributed by atoms with Gasteiger partial charge in [0.25, 0.3) is 0 Å². The number of thioether (sulfide) groups is 2. The molecule has 6 aromatic rings. The normalized spacial score (nSPS) is 11.2. The Kier molecular flexibility index (Phi) is 14.2. The van der Waals surface area contributed by atoms with Gasteiger partial charge in [0.15, 0.2) is 22.0 Å². The van der Waals surface area contributed by atoms with E-state index < -0.39 is 11.7 Å². The van der Waals surface area contributed by atoms with Crippen molar-refractivity contribution in [1.29, 1.82) is 0 Å². The number of hydrogen-bond acceptors (Lipinski definition) is 10. The van der Waals surface area contributed by atoms with Crippen LogP contribution in [0.3, 0.4) is 0 Å². The van der Waals surface area contributed by atoms with E-state index in [-0.39, 0.29) is 5.97 Å². The summed E-state index contributed by atoms with van der Waals surface area (Å²) in [5.41, 5.74) is 6.11. The van der Waals surface area contributed by atoms with Gasteiger partial charge in [0.1, 0.15) is 0 Å². The van der Waals surface area contributed by atoms with Crippen LogP contribution in [0.15, 0.2) is 107 Å². The molecule has 2 heterocycles. The average Bonchev–Trinajstić information content (AvgIpc) is 3.83. The highest BCUT2D eigenvalue weighted by atomic mass is 32.2. The lowest BCUT2D eigenvalue weighted by Crippen LogP contribution is -2.08. The van der Waals surface area contributed by atoms with Crippen LogP contribution in [0.25, 0.3) is 22.8 Å². The number of esters is 1. The smallest absolute Gasteiger partial charge is 0.416 e. The van der Waals surface area contributed by atoms with Crippen molar-refractivity contribution in [3.63, 3.8) is 0 Å². The number of carbonyl (C=O) groups is 1. The Bertz CT molecular complexity index is 2170. The minimum absolute atomic E-state index is 0.324. The summed E-state index contributed by atoms with van der Waals surface area (Å²) in [4.78, 5) is 15.6. The number of benzene rings is 4. The van der Waals surface area contributed by atoms with Gasteiger partial charge in [-0.25, -0.2) is 4.79 Å². The van der Waals surface area contributed by atoms with Gasteiger partial charge in [0.2, 0.25) is 0 Å². The van der Waals surface area contributed by atoms with E-state index in [0.29, 0.717) is 17.9 Å². The van der Waals surface area contributed by atoms with Gasteiger partial charge in [-0.15, -0.1) is 20.4 Å². The third-order valence-electron chi connectivity index (χ3n) is 8.74. The highest BCUT2D eigenvalue weighted by Crippen LogP contribution is 2.32. The molecular weight excluding hydrogens is 758 g/mol. The largest absolute Gasteiger partial charge is 0.465 e. The van der Waals surface area contributed by atoms with Crippen molar-refractivity contribution in [1.82, 2.24) is 29.5 Å². The SMILES string of the molecule is CCn1c(SCc2ccc(C(=O)OC)cc2)nnc1-c1ccc(N(C)C)cc1.CCn1c(SCc2ccc(C(F)(F)F)cc2)nnc1-c1ccc(N(C)C)cc1. The maximum Gasteiger partial charge on any atom is 0.416 e. The summed E-state index contributed by atoms with van der Waals surface area (Å²) in [5.74, 6) is 2.60. The molecule has 2 aromatic heterocycles. The number of aromatic nitrogens is 6. The standard InChI is InChI=1S/C21H24N4O2S.C20H21F3N4S/c1-5-25-19(16-10-12-18(13-11-16)24(2)3)22-23-21(25)28-14-15-6-8-17(9-7-15)20(26)27-4;1-4-27-18(15-7-11-17(12-8-15)26(2)3)24-25-19(27)28-13-14-5-9-16(10-6-14)20(21,22)23/h6-13H,5,14H2,1-4H3;5-12H,4,13H2,1-3H3. The first-order valence-corrected chi connectivity index (χ1v) is 19.8. The van der Waals surface area contributed by atoms with E-state index >= 15 is 0 Å². The zero-order chi connectivity index (χ0) is 40.4. The zero-order valence-corrected chi connectivity index (χ0v) is 34.0. The van der Waals surface area contributed by atoms with Crippen LogP contribution in [-0.2, 0) is 35.5 Å². The molecule has 4 aromatic carbocycles. The summed E-state index contributed by atoms with van der Waals surface area (Å²) >= 11 is 3.09. The topological polar surface area (TPSA) is 94.2 Å². The highest BCUT2D eigenvalue weighted by Gasteiger charge is 2.30. The first kappa shape index (κ1) is 41.9. The van der Waals surface area contributed by atoms with Crippen LogP contribution in [0.5, 0.6) is 0 Å². The molecule has 6 rings (SSSR count). The minimum Gasteiger partial charge on any atom is -0.465 e. The summed E-state index contributed by atoms with van der Waals surface area (Å²) in [7, 11) is 9.40. The summed E-state index contributed by atoms with van der Waals surface area (Å²) in [6.07, 6.45) is -4.31. The molecule has 0 aliphatic rings. The van der Waals surface area contributed by atoms with Crippen molar-refractivity contribution >= 4 is 40.9 Å². The Morgan fingerprint density at radius 2 is 1.02 bits per heavy atom. The monoisotopic (exact) mass is 802 g/mol. The number of nitrogens with zero attached hydrogens (tertiary/aromatic N) is 8. The summed E-state index contributed by atoms with van der Waals surface area (Å²) in [6.45, 7) is 5.61. The van der Waals surface area contributed by atoms with Gasteiger partial charge in [0, 0.05) is 75.3 Å². The number of hydrogen-bond donors (Lipinski definition) is 0. The Labute approximate surface area is 334 Å². The van der Waals surface area contributed by atoms with Crippen LogP contribution in [-0.4, -0.2) is 70.8 Å². The molecule has 0 saturated carbocycles. The third-order valence-corrected chi connectivity index (χ3v) is 10.8. The third kappa shape index (κ3) is 10.5. The number of alkyl halides is 3. The molecule has 0 atom stereocenters. The summed E-state index contributed by atoms with van der Waals surface area (Å²) in [5, 5.41) is 19.0. The lowest BCUT2D eigenvalue weighted by atomic mass is 10.1. The van der Waals surface area contributed by atoms with Gasteiger partial charge in [-0.2, -0.15) is 13.2 Å². The zero-order valence-electron chi connectivity index (χ0n) is 32.4. The van der Waals surface area contributed by atoms with Crippen LogP contribution >= 0.6 is 23.5 Å². The molecule has 0 unspecified atom stereocenters. The summed E-state index contributed by atoms with van der Waals surface area (Å²) < 4.78 is 46.9. The lowest BCUT2D eigenvalue weighted by Gasteiger charge is -2.13. The van der Waals surface area contributed by atoms with Crippen LogP contribution in [0.4, 0.5) is 24.5 Å². The Balaban J connectivity index is 0.000000214. The molecule has 0 radical (unpaired) electrons. The van der Waals surface area contributed by atoms with Crippen molar-refractivity contribution < 1.29 is 22.7 Å². The van der Waals surface area contributed by atoms with E-state index in [4.69, 9.17) is 4.74 Å². The number of methoxy groups -OCH3 is 1. The molecule has 0 bridgehead atoms. The first-order valence-electron chi connectivity index (χ1n) is 17.8. The number of anilines is 2. The second-order valence-electron chi connectivity index (χ2n) is 12.9. The Morgan fingerprint density at radius 1 is 0.625 bits per heavy atom. The van der Waals surface area contributed by atoms with Crippen LogP contribution in [0.1, 0.15) is 40.9 Å². The van der Waals surface area contributed by atoms with Gasteiger partial charge in [0.05, 0.1) is 18.2 Å². The fourth-order valence-corrected chi connectivity index (χ4v) is 7.46. The number of ether oxygens (including phenoxy) is 1. The van der Waals surface area contributed by atoms with Gasteiger partial charge >= 0.3 is 12.1 Å². The number of rotatable bonds is 13. The fourth-order valence-electron chi connectivity index (χ4n) is 5.55. The second kappa shape index (κ2) is 19.0. The van der Waals surface area contributed by atoms with E-state index in [1.807, 2.05) is 81.0 Å². The Morgan fingerprint density at radius 3 is 1.36 bits per heavy atom. The molecule has 0 N–H and O–H groups in total. The quantitative estimate of drug-likeness (QED) is 0.0831. The van der Waals surface area contributed by atoms with Crippen LogP contribution < -0.4 is 9.80 Å². The maximum absolute atomic E-state index is 12.7. The van der Waals surface area contributed by atoms with Crippen molar-refractivity contribution in [2.75, 3.05) is 45.1 Å².